The molecule has 1 aliphatic heterocycles. The number of aryl methyl sites for hydroxylation is 1. The minimum Gasteiger partial charge on any atom is -0.465 e. The molecule has 0 spiro atoms. The third kappa shape index (κ3) is 3.44. The third-order valence-corrected chi connectivity index (χ3v) is 5.98. The van der Waals surface area contributed by atoms with Gasteiger partial charge in [-0.15, -0.1) is 11.8 Å². The molecule has 1 atom stereocenters. The molecule has 1 saturated heterocycles. The average molecular weight is 384 g/mol. The van der Waals surface area contributed by atoms with Crippen LogP contribution < -0.4 is 0 Å². The monoisotopic (exact) mass is 384 g/mol. The zero-order chi connectivity index (χ0) is 18.8. The van der Waals surface area contributed by atoms with Gasteiger partial charge in [0.15, 0.2) is 0 Å². The van der Waals surface area contributed by atoms with Gasteiger partial charge >= 0.3 is 5.97 Å². The maximum atomic E-state index is 12.4. The highest BCUT2D eigenvalue weighted by molar-refractivity contribution is 8.00. The molecule has 0 saturated carbocycles. The van der Waals surface area contributed by atoms with Gasteiger partial charge in [-0.1, -0.05) is 6.07 Å². The molecule has 0 aliphatic carbocycles. The lowest BCUT2D eigenvalue weighted by atomic mass is 10.1. The summed E-state index contributed by atoms with van der Waals surface area (Å²) in [6, 6.07) is 5.46. The van der Waals surface area contributed by atoms with Crippen molar-refractivity contribution in [1.82, 2.24) is 19.4 Å². The fourth-order valence-electron chi connectivity index (χ4n) is 3.39. The first-order valence-electron chi connectivity index (χ1n) is 8.73. The quantitative estimate of drug-likeness (QED) is 0.661. The van der Waals surface area contributed by atoms with E-state index in [0.717, 1.165) is 29.4 Å². The van der Waals surface area contributed by atoms with E-state index in [1.165, 1.54) is 7.11 Å². The maximum absolute atomic E-state index is 12.4. The topological polar surface area (TPSA) is 80.2 Å². The molecule has 1 aromatic carbocycles. The number of hydrogen-bond acceptors (Lipinski definition) is 5. The summed E-state index contributed by atoms with van der Waals surface area (Å²) in [6.45, 7) is 1.53. The Balaban J connectivity index is 1.53. The summed E-state index contributed by atoms with van der Waals surface area (Å²) in [5.74, 6) is 0.290. The predicted molar refractivity (Wildman–Crippen MR) is 103 cm³/mol. The van der Waals surface area contributed by atoms with Gasteiger partial charge in [-0.3, -0.25) is 4.79 Å². The molecule has 1 amide bonds. The van der Waals surface area contributed by atoms with Crippen LogP contribution in [0.2, 0.25) is 0 Å². The van der Waals surface area contributed by atoms with Gasteiger partial charge in [0.1, 0.15) is 5.37 Å². The number of aromatic nitrogens is 3. The summed E-state index contributed by atoms with van der Waals surface area (Å²) < 4.78 is 6.80. The number of nitrogens with one attached hydrogen (secondary N) is 1. The highest BCUT2D eigenvalue weighted by Crippen LogP contribution is 2.41. The third-order valence-electron chi connectivity index (χ3n) is 4.74. The predicted octanol–water partition coefficient (Wildman–Crippen LogP) is 2.82. The fraction of sp³-hybridized carbons (Fsp3) is 0.316. The number of ether oxygens (including phenoxy) is 1. The Morgan fingerprint density at radius 1 is 1.41 bits per heavy atom. The second kappa shape index (κ2) is 7.48. The van der Waals surface area contributed by atoms with Crippen LogP contribution in [0.4, 0.5) is 0 Å². The van der Waals surface area contributed by atoms with Crippen LogP contribution in [0.3, 0.4) is 0 Å². The summed E-state index contributed by atoms with van der Waals surface area (Å²) >= 11 is 1.64. The van der Waals surface area contributed by atoms with Crippen molar-refractivity contribution >= 4 is 34.5 Å². The lowest BCUT2D eigenvalue weighted by Crippen LogP contribution is -2.29. The van der Waals surface area contributed by atoms with E-state index >= 15 is 0 Å². The van der Waals surface area contributed by atoms with Gasteiger partial charge in [0.2, 0.25) is 5.91 Å². The van der Waals surface area contributed by atoms with E-state index in [1.807, 2.05) is 27.9 Å². The molecule has 3 heterocycles. The van der Waals surface area contributed by atoms with Gasteiger partial charge in [-0.2, -0.15) is 0 Å². The number of fused-ring (bicyclic) bond motifs is 1. The Kier molecular flexibility index (Phi) is 4.89. The van der Waals surface area contributed by atoms with Gasteiger partial charge in [0.25, 0.3) is 0 Å². The van der Waals surface area contributed by atoms with Crippen LogP contribution in [0.1, 0.15) is 27.7 Å². The summed E-state index contributed by atoms with van der Waals surface area (Å²) in [4.78, 5) is 33.4. The summed E-state index contributed by atoms with van der Waals surface area (Å²) in [5.41, 5.74) is 2.44. The minimum absolute atomic E-state index is 0.0157. The summed E-state index contributed by atoms with van der Waals surface area (Å²) in [7, 11) is 1.37. The molecule has 4 rings (SSSR count). The van der Waals surface area contributed by atoms with Crippen LogP contribution in [0.25, 0.3) is 10.9 Å². The Morgan fingerprint density at radius 3 is 3.07 bits per heavy atom. The first kappa shape index (κ1) is 17.7. The van der Waals surface area contributed by atoms with Gasteiger partial charge < -0.3 is 19.2 Å². The number of hydrogen-bond donors (Lipinski definition) is 1. The van der Waals surface area contributed by atoms with Crippen molar-refractivity contribution in [3.05, 3.63) is 54.2 Å². The number of esters is 1. The number of rotatable bonds is 6. The molecule has 1 unspecified atom stereocenters. The number of methoxy groups -OCH3 is 1. The van der Waals surface area contributed by atoms with E-state index in [2.05, 4.69) is 9.97 Å². The van der Waals surface area contributed by atoms with Crippen LogP contribution in [-0.4, -0.2) is 50.7 Å². The van der Waals surface area contributed by atoms with E-state index < -0.39 is 0 Å². The molecule has 3 aromatic rings. The zero-order valence-corrected chi connectivity index (χ0v) is 15.7. The molecule has 0 bridgehead atoms. The molecular weight excluding hydrogens is 364 g/mol. The Labute approximate surface area is 160 Å². The molecule has 27 heavy (non-hydrogen) atoms. The number of aromatic amines is 1. The molecule has 8 heteroatoms. The second-order valence-electron chi connectivity index (χ2n) is 6.40. The highest BCUT2D eigenvalue weighted by atomic mass is 32.2. The molecule has 1 N–H and O–H groups in total. The Bertz CT molecular complexity index is 967. The van der Waals surface area contributed by atoms with Crippen LogP contribution in [0.15, 0.2) is 43.1 Å². The van der Waals surface area contributed by atoms with E-state index in [0.29, 0.717) is 17.9 Å². The number of thioether (sulfide) groups is 1. The number of nitrogens with zero attached hydrogens (tertiary/aromatic N) is 3. The number of imidazole rings is 1. The maximum Gasteiger partial charge on any atom is 0.337 e. The van der Waals surface area contributed by atoms with Crippen LogP contribution in [0, 0.1) is 0 Å². The molecule has 0 radical (unpaired) electrons. The van der Waals surface area contributed by atoms with Crippen molar-refractivity contribution in [3.8, 4) is 0 Å². The van der Waals surface area contributed by atoms with Gasteiger partial charge in [0.05, 0.1) is 24.8 Å². The van der Waals surface area contributed by atoms with Crippen molar-refractivity contribution in [1.29, 1.82) is 0 Å². The lowest BCUT2D eigenvalue weighted by Gasteiger charge is -2.23. The molecule has 140 valence electrons. The largest absolute Gasteiger partial charge is 0.465 e. The molecular formula is C19H20N4O3S. The minimum atomic E-state index is -0.361. The fourth-order valence-corrected chi connectivity index (χ4v) is 4.64. The Morgan fingerprint density at radius 2 is 2.30 bits per heavy atom. The normalized spacial score (nSPS) is 17.0. The van der Waals surface area contributed by atoms with Crippen molar-refractivity contribution in [3.63, 3.8) is 0 Å². The van der Waals surface area contributed by atoms with Crippen molar-refractivity contribution in [2.24, 2.45) is 0 Å². The zero-order valence-electron chi connectivity index (χ0n) is 14.9. The SMILES string of the molecule is COC(=O)c1ccc2c(C3SCC(=O)N3CCCn3ccnc3)c[nH]c2c1. The lowest BCUT2D eigenvalue weighted by molar-refractivity contribution is -0.128. The van der Waals surface area contributed by atoms with Gasteiger partial charge in [0, 0.05) is 48.1 Å². The Hall–Kier alpha value is -2.74. The average Bonchev–Trinajstić information content (AvgIpc) is 3.41. The molecule has 1 aliphatic rings. The number of carbonyl (C=O) groups is 2. The first-order chi connectivity index (χ1) is 13.2. The van der Waals surface area contributed by atoms with Crippen molar-refractivity contribution in [2.45, 2.75) is 18.3 Å². The van der Waals surface area contributed by atoms with E-state index in [4.69, 9.17) is 4.74 Å². The molecule has 2 aromatic heterocycles. The smallest absolute Gasteiger partial charge is 0.337 e. The second-order valence-corrected chi connectivity index (χ2v) is 7.47. The highest BCUT2D eigenvalue weighted by Gasteiger charge is 2.33. The van der Waals surface area contributed by atoms with Crippen LogP contribution in [-0.2, 0) is 16.1 Å². The summed E-state index contributed by atoms with van der Waals surface area (Å²) in [5, 5.41) is 1.01. The van der Waals surface area contributed by atoms with E-state index in [-0.39, 0.29) is 17.3 Å². The number of benzene rings is 1. The van der Waals surface area contributed by atoms with E-state index in [9.17, 15) is 9.59 Å². The van der Waals surface area contributed by atoms with Crippen LogP contribution in [0.5, 0.6) is 0 Å². The first-order valence-corrected chi connectivity index (χ1v) is 9.78. The number of amides is 1. The number of carbonyl (C=O) groups excluding carboxylic acids is 2. The van der Waals surface area contributed by atoms with Gasteiger partial charge in [-0.25, -0.2) is 9.78 Å². The summed E-state index contributed by atoms with van der Waals surface area (Å²) in [6.07, 6.45) is 8.28. The van der Waals surface area contributed by atoms with E-state index in [1.54, 1.807) is 36.4 Å². The van der Waals surface area contributed by atoms with Gasteiger partial charge in [-0.05, 0) is 18.6 Å². The molecule has 1 fully saturated rings. The van der Waals surface area contributed by atoms with Crippen molar-refractivity contribution in [2.75, 3.05) is 19.4 Å². The number of H-pyrrole nitrogens is 1. The van der Waals surface area contributed by atoms with Crippen LogP contribution >= 0.6 is 11.8 Å². The standard InChI is InChI=1S/C19H20N4O3S/c1-26-19(25)13-3-4-14-15(10-21-16(14)9-13)18-23(17(24)11-27-18)7-2-6-22-8-5-20-12-22/h3-5,8-10,12,18,21H,2,6-7,11H2,1H3. The molecule has 7 nitrogen and oxygen atoms in total. The van der Waals surface area contributed by atoms with Crippen molar-refractivity contribution < 1.29 is 14.3 Å².